The molecule has 0 spiro atoms. The minimum atomic E-state index is -4.09. The van der Waals surface area contributed by atoms with Crippen LogP contribution in [-0.2, 0) is 10.1 Å². The molecule has 0 aliphatic rings. The summed E-state index contributed by atoms with van der Waals surface area (Å²) < 4.78 is 43.3. The van der Waals surface area contributed by atoms with E-state index in [1.54, 1.807) is 12.1 Å². The fraction of sp³-hybridized carbons (Fsp3) is 0.143. The summed E-state index contributed by atoms with van der Waals surface area (Å²) >= 11 is 6.09. The molecular weight excluding hydrogens is 427 g/mol. The number of halogens is 3. The molecule has 112 valence electrons. The van der Waals surface area contributed by atoms with E-state index in [0.29, 0.717) is 0 Å². The maximum Gasteiger partial charge on any atom is 0.341 e. The topological polar surface area (TPSA) is 43.4 Å². The monoisotopic (exact) mass is 436 g/mol. The summed E-state index contributed by atoms with van der Waals surface area (Å²) in [6, 6.07) is 7.29. The first kappa shape index (κ1) is 16.5. The van der Waals surface area contributed by atoms with E-state index < -0.39 is 15.9 Å². The van der Waals surface area contributed by atoms with E-state index in [9.17, 15) is 12.8 Å². The number of hydrogen-bond acceptors (Lipinski definition) is 3. The summed E-state index contributed by atoms with van der Waals surface area (Å²) in [6.07, 6.45) is 0. The number of benzene rings is 2. The Morgan fingerprint density at radius 3 is 1.90 bits per heavy atom. The van der Waals surface area contributed by atoms with E-state index in [2.05, 4.69) is 31.9 Å². The van der Waals surface area contributed by atoms with Crippen molar-refractivity contribution in [3.8, 4) is 5.75 Å². The molecule has 0 amide bonds. The fourth-order valence-electron chi connectivity index (χ4n) is 1.92. The van der Waals surface area contributed by atoms with Gasteiger partial charge in [-0.3, -0.25) is 0 Å². The van der Waals surface area contributed by atoms with Crippen LogP contribution in [0.25, 0.3) is 0 Å². The van der Waals surface area contributed by atoms with Crippen molar-refractivity contribution in [2.45, 2.75) is 18.7 Å². The molecule has 0 heterocycles. The van der Waals surface area contributed by atoms with Gasteiger partial charge in [-0.2, -0.15) is 8.42 Å². The predicted molar refractivity (Wildman–Crippen MR) is 85.5 cm³/mol. The molecular formula is C14H11Br2FO3S. The zero-order valence-electron chi connectivity index (χ0n) is 11.2. The van der Waals surface area contributed by atoms with Crippen LogP contribution in [0.3, 0.4) is 0 Å². The summed E-state index contributed by atoms with van der Waals surface area (Å²) in [4.78, 5) is -0.150. The summed E-state index contributed by atoms with van der Waals surface area (Å²) in [6.45, 7) is 3.69. The number of hydrogen-bond donors (Lipinski definition) is 0. The third kappa shape index (κ3) is 3.84. The highest BCUT2D eigenvalue weighted by atomic mass is 79.9. The molecule has 0 aliphatic heterocycles. The van der Waals surface area contributed by atoms with E-state index in [0.717, 1.165) is 23.3 Å². The Morgan fingerprint density at radius 1 is 0.952 bits per heavy atom. The van der Waals surface area contributed by atoms with E-state index >= 15 is 0 Å². The van der Waals surface area contributed by atoms with Crippen LogP contribution in [0.2, 0.25) is 0 Å². The first-order chi connectivity index (χ1) is 9.69. The molecule has 2 rings (SSSR count). The summed E-state index contributed by atoms with van der Waals surface area (Å²) in [5.74, 6) is -0.338. The lowest BCUT2D eigenvalue weighted by Crippen LogP contribution is -2.11. The third-order valence-corrected chi connectivity index (χ3v) is 5.74. The zero-order chi connectivity index (χ0) is 15.8. The summed E-state index contributed by atoms with van der Waals surface area (Å²) in [5.41, 5.74) is 1.77. The van der Waals surface area contributed by atoms with E-state index in [-0.39, 0.29) is 19.6 Å². The second-order valence-corrected chi connectivity index (χ2v) is 7.75. The molecule has 0 atom stereocenters. The van der Waals surface area contributed by atoms with Gasteiger partial charge in [0.2, 0.25) is 0 Å². The molecule has 0 fully saturated rings. The van der Waals surface area contributed by atoms with Crippen LogP contribution in [-0.4, -0.2) is 8.42 Å². The lowest BCUT2D eigenvalue weighted by atomic mass is 10.1. The Morgan fingerprint density at radius 2 is 1.43 bits per heavy atom. The standard InChI is InChI=1S/C14H11Br2FO3S/c1-8-3-9(2)5-11(4-8)20-21(18,19)14-12(15)6-10(17)7-13(14)16/h3-7H,1-2H3. The Bertz CT molecular complexity index is 761. The summed E-state index contributed by atoms with van der Waals surface area (Å²) in [5, 5.41) is 0. The molecule has 7 heteroatoms. The quantitative estimate of drug-likeness (QED) is 0.651. The average Bonchev–Trinajstić information content (AvgIpc) is 2.23. The van der Waals surface area contributed by atoms with Gasteiger partial charge in [-0.05, 0) is 81.1 Å². The molecule has 0 saturated heterocycles. The van der Waals surface area contributed by atoms with Crippen molar-refractivity contribution in [3.63, 3.8) is 0 Å². The first-order valence-corrected chi connectivity index (χ1v) is 8.86. The Labute approximate surface area is 139 Å². The first-order valence-electron chi connectivity index (χ1n) is 5.86. The summed E-state index contributed by atoms with van der Waals surface area (Å²) in [7, 11) is -4.09. The van der Waals surface area contributed by atoms with Crippen molar-refractivity contribution in [1.82, 2.24) is 0 Å². The van der Waals surface area contributed by atoms with Crippen molar-refractivity contribution in [1.29, 1.82) is 0 Å². The lowest BCUT2D eigenvalue weighted by Gasteiger charge is -2.11. The molecule has 21 heavy (non-hydrogen) atoms. The maximum absolute atomic E-state index is 13.2. The highest BCUT2D eigenvalue weighted by Gasteiger charge is 2.24. The SMILES string of the molecule is Cc1cc(C)cc(OS(=O)(=O)c2c(Br)cc(F)cc2Br)c1. The Balaban J connectivity index is 2.48. The molecule has 0 aromatic heterocycles. The molecule has 0 unspecified atom stereocenters. The molecule has 2 aromatic carbocycles. The Hall–Kier alpha value is -0.920. The largest absolute Gasteiger partial charge is 0.379 e. The van der Waals surface area contributed by atoms with E-state index in [1.807, 2.05) is 19.9 Å². The maximum atomic E-state index is 13.2. The lowest BCUT2D eigenvalue weighted by molar-refractivity contribution is 0.484. The number of aryl methyl sites for hydroxylation is 2. The smallest absolute Gasteiger partial charge is 0.341 e. The van der Waals surface area contributed by atoms with Crippen LogP contribution >= 0.6 is 31.9 Å². The van der Waals surface area contributed by atoms with Crippen LogP contribution in [0.5, 0.6) is 5.75 Å². The molecule has 0 bridgehead atoms. The van der Waals surface area contributed by atoms with Crippen LogP contribution in [0.4, 0.5) is 4.39 Å². The van der Waals surface area contributed by atoms with Gasteiger partial charge in [0.15, 0.2) is 0 Å². The van der Waals surface area contributed by atoms with E-state index in [1.165, 1.54) is 0 Å². The van der Waals surface area contributed by atoms with Gasteiger partial charge < -0.3 is 4.18 Å². The molecule has 0 radical (unpaired) electrons. The van der Waals surface area contributed by atoms with Crippen molar-refractivity contribution in [2.75, 3.05) is 0 Å². The van der Waals surface area contributed by atoms with E-state index in [4.69, 9.17) is 4.18 Å². The van der Waals surface area contributed by atoms with Gasteiger partial charge >= 0.3 is 10.1 Å². The second kappa shape index (κ2) is 6.06. The zero-order valence-corrected chi connectivity index (χ0v) is 15.1. The molecule has 0 saturated carbocycles. The normalized spacial score (nSPS) is 11.5. The number of rotatable bonds is 3. The van der Waals surface area contributed by atoms with Crippen molar-refractivity contribution in [3.05, 3.63) is 56.2 Å². The van der Waals surface area contributed by atoms with Crippen molar-refractivity contribution < 1.29 is 17.0 Å². The van der Waals surface area contributed by atoms with Gasteiger partial charge in [-0.15, -0.1) is 0 Å². The molecule has 2 aromatic rings. The van der Waals surface area contributed by atoms with Crippen LogP contribution in [0, 0.1) is 19.7 Å². The highest BCUT2D eigenvalue weighted by Crippen LogP contribution is 2.33. The van der Waals surface area contributed by atoms with Crippen LogP contribution < -0.4 is 4.18 Å². The van der Waals surface area contributed by atoms with Gasteiger partial charge in [-0.1, -0.05) is 6.07 Å². The minimum absolute atomic E-state index is 0.0961. The van der Waals surface area contributed by atoms with Crippen LogP contribution in [0.1, 0.15) is 11.1 Å². The van der Waals surface area contributed by atoms with Gasteiger partial charge in [0.25, 0.3) is 0 Å². The fourth-order valence-corrected chi connectivity index (χ4v) is 5.27. The third-order valence-electron chi connectivity index (χ3n) is 2.61. The van der Waals surface area contributed by atoms with Gasteiger partial charge in [-0.25, -0.2) is 4.39 Å². The van der Waals surface area contributed by atoms with Gasteiger partial charge in [0.1, 0.15) is 16.5 Å². The van der Waals surface area contributed by atoms with Crippen LogP contribution in [0.15, 0.2) is 44.2 Å². The highest BCUT2D eigenvalue weighted by molar-refractivity contribution is 9.11. The van der Waals surface area contributed by atoms with Crippen molar-refractivity contribution >= 4 is 42.0 Å². The second-order valence-electron chi connectivity index (χ2n) is 4.56. The predicted octanol–water partition coefficient (Wildman–Crippen LogP) is 4.74. The Kier molecular flexibility index (Phi) is 4.75. The molecule has 3 nitrogen and oxygen atoms in total. The van der Waals surface area contributed by atoms with Gasteiger partial charge in [0.05, 0.1) is 0 Å². The molecule has 0 N–H and O–H groups in total. The van der Waals surface area contributed by atoms with Crippen molar-refractivity contribution in [2.24, 2.45) is 0 Å². The minimum Gasteiger partial charge on any atom is -0.379 e. The van der Waals surface area contributed by atoms with Gasteiger partial charge in [0, 0.05) is 8.95 Å². The average molecular weight is 438 g/mol. The molecule has 0 aliphatic carbocycles.